The molecule has 2 atom stereocenters. The van der Waals surface area contributed by atoms with Gasteiger partial charge in [-0.15, -0.1) is 0 Å². The summed E-state index contributed by atoms with van der Waals surface area (Å²) in [6.07, 6.45) is -5.26. The zero-order chi connectivity index (χ0) is 24.6. The standard InChI is InChI=1S/C19H18F3N3O6S2/c20-19(21,22)13-2-1-3-14(9-13)32(28,29)24-15(18(23)27)8-11-4-6-12(7-5-11)16-10-17(26)25-33(16,30)31/h1-7,9,15-16,24H,8,10H2,(H2,23,27)(H,25,26). The fraction of sp³-hybridized carbons (Fsp3) is 0.263. The van der Waals surface area contributed by atoms with Gasteiger partial charge in [-0.3, -0.25) is 14.3 Å². The zero-order valence-electron chi connectivity index (χ0n) is 16.7. The summed E-state index contributed by atoms with van der Waals surface area (Å²) in [5.74, 6) is -1.70. The predicted octanol–water partition coefficient (Wildman–Crippen LogP) is 0.971. The summed E-state index contributed by atoms with van der Waals surface area (Å²) in [5.41, 5.74) is 4.81. The highest BCUT2D eigenvalue weighted by molar-refractivity contribution is 7.90. The van der Waals surface area contributed by atoms with Crippen molar-refractivity contribution in [3.63, 3.8) is 0 Å². The fourth-order valence-corrected chi connectivity index (χ4v) is 5.93. The third-order valence-electron chi connectivity index (χ3n) is 4.91. The third kappa shape index (κ3) is 5.69. The van der Waals surface area contributed by atoms with Gasteiger partial charge in [0.15, 0.2) is 0 Å². The van der Waals surface area contributed by atoms with Crippen LogP contribution in [0, 0.1) is 0 Å². The van der Waals surface area contributed by atoms with Crippen LogP contribution in [0.2, 0.25) is 0 Å². The predicted molar refractivity (Wildman–Crippen MR) is 109 cm³/mol. The number of nitrogens with two attached hydrogens (primary N) is 1. The van der Waals surface area contributed by atoms with Gasteiger partial charge >= 0.3 is 6.18 Å². The molecule has 9 nitrogen and oxygen atoms in total. The Bertz CT molecular complexity index is 1290. The summed E-state index contributed by atoms with van der Waals surface area (Å²) in [7, 11) is -8.38. The molecule has 2 aromatic rings. The molecule has 0 bridgehead atoms. The van der Waals surface area contributed by atoms with Crippen LogP contribution in [-0.4, -0.2) is 34.7 Å². The van der Waals surface area contributed by atoms with E-state index in [4.69, 9.17) is 5.73 Å². The summed E-state index contributed by atoms with van der Waals surface area (Å²) in [4.78, 5) is 22.5. The number of carbonyl (C=O) groups is 2. The molecule has 1 heterocycles. The molecule has 3 rings (SSSR count). The molecule has 178 valence electrons. The molecule has 1 saturated heterocycles. The number of amides is 2. The molecule has 0 aliphatic carbocycles. The summed E-state index contributed by atoms with van der Waals surface area (Å²) < 4.78 is 91.6. The Kier molecular flexibility index (Phi) is 6.55. The van der Waals surface area contributed by atoms with Crippen LogP contribution in [0.1, 0.15) is 28.4 Å². The van der Waals surface area contributed by atoms with Crippen LogP contribution in [0.4, 0.5) is 13.2 Å². The number of rotatable bonds is 7. The Morgan fingerprint density at radius 3 is 2.33 bits per heavy atom. The lowest BCUT2D eigenvalue weighted by Gasteiger charge is -2.17. The van der Waals surface area contributed by atoms with E-state index in [1.54, 1.807) is 0 Å². The van der Waals surface area contributed by atoms with Crippen molar-refractivity contribution in [1.82, 2.24) is 9.44 Å². The Labute approximate surface area is 187 Å². The van der Waals surface area contributed by atoms with E-state index in [2.05, 4.69) is 0 Å². The van der Waals surface area contributed by atoms with Crippen LogP contribution >= 0.6 is 0 Å². The van der Waals surface area contributed by atoms with Gasteiger partial charge in [-0.1, -0.05) is 30.3 Å². The van der Waals surface area contributed by atoms with Crippen molar-refractivity contribution in [2.75, 3.05) is 0 Å². The molecule has 0 aromatic heterocycles. The normalized spacial score (nSPS) is 19.1. The first-order valence-corrected chi connectivity index (χ1v) is 12.3. The number of hydrogen-bond donors (Lipinski definition) is 3. The van der Waals surface area contributed by atoms with Crippen molar-refractivity contribution in [2.24, 2.45) is 5.73 Å². The molecule has 2 amide bonds. The van der Waals surface area contributed by atoms with E-state index in [-0.39, 0.29) is 12.8 Å². The van der Waals surface area contributed by atoms with Crippen molar-refractivity contribution in [2.45, 2.75) is 35.2 Å². The monoisotopic (exact) mass is 505 g/mol. The molecule has 4 N–H and O–H groups in total. The first-order chi connectivity index (χ1) is 15.2. The summed E-state index contributed by atoms with van der Waals surface area (Å²) >= 11 is 0. The molecule has 33 heavy (non-hydrogen) atoms. The molecule has 0 spiro atoms. The Balaban J connectivity index is 1.79. The smallest absolute Gasteiger partial charge is 0.368 e. The average Bonchev–Trinajstić information content (AvgIpc) is 2.99. The number of hydrogen-bond acceptors (Lipinski definition) is 6. The van der Waals surface area contributed by atoms with Crippen molar-refractivity contribution in [3.05, 3.63) is 65.2 Å². The van der Waals surface area contributed by atoms with Gasteiger partial charge < -0.3 is 5.73 Å². The Hall–Kier alpha value is -2.97. The fourth-order valence-electron chi connectivity index (χ4n) is 3.25. The summed E-state index contributed by atoms with van der Waals surface area (Å²) in [5, 5.41) is -1.08. The summed E-state index contributed by atoms with van der Waals surface area (Å²) in [6, 6.07) is 7.22. The van der Waals surface area contributed by atoms with E-state index in [0.29, 0.717) is 23.3 Å². The first-order valence-electron chi connectivity index (χ1n) is 9.31. The number of alkyl halides is 3. The van der Waals surface area contributed by atoms with Gasteiger partial charge in [-0.2, -0.15) is 17.9 Å². The number of halogens is 3. The van der Waals surface area contributed by atoms with Gasteiger partial charge in [-0.05, 0) is 35.7 Å². The third-order valence-corrected chi connectivity index (χ3v) is 8.07. The second-order valence-corrected chi connectivity index (χ2v) is 10.9. The van der Waals surface area contributed by atoms with Crippen LogP contribution in [0.3, 0.4) is 0 Å². The van der Waals surface area contributed by atoms with E-state index in [1.165, 1.54) is 24.3 Å². The van der Waals surface area contributed by atoms with E-state index in [9.17, 15) is 39.6 Å². The van der Waals surface area contributed by atoms with E-state index >= 15 is 0 Å². The SMILES string of the molecule is NC(=O)C(Cc1ccc(C2CC(=O)NS2(=O)=O)cc1)NS(=O)(=O)c1cccc(C(F)(F)F)c1. The molecule has 1 fully saturated rings. The van der Waals surface area contributed by atoms with Gasteiger partial charge in [0, 0.05) is 0 Å². The number of nitrogens with one attached hydrogen (secondary N) is 2. The van der Waals surface area contributed by atoms with Gasteiger partial charge in [-0.25, -0.2) is 16.8 Å². The van der Waals surface area contributed by atoms with E-state index in [1.807, 2.05) is 9.44 Å². The average molecular weight is 505 g/mol. The van der Waals surface area contributed by atoms with Crippen LogP contribution in [-0.2, 0) is 42.2 Å². The molecule has 14 heteroatoms. The largest absolute Gasteiger partial charge is 0.416 e. The van der Waals surface area contributed by atoms with Crippen LogP contribution in [0.25, 0.3) is 0 Å². The molecule has 1 aliphatic rings. The highest BCUT2D eigenvalue weighted by Crippen LogP contribution is 2.31. The van der Waals surface area contributed by atoms with Gasteiger partial charge in [0.1, 0.15) is 11.3 Å². The molecule has 0 saturated carbocycles. The maximum absolute atomic E-state index is 12.9. The molecule has 2 unspecified atom stereocenters. The van der Waals surface area contributed by atoms with Crippen molar-refractivity contribution in [1.29, 1.82) is 0 Å². The minimum Gasteiger partial charge on any atom is -0.368 e. The topological polar surface area (TPSA) is 152 Å². The van der Waals surface area contributed by atoms with Crippen molar-refractivity contribution in [3.8, 4) is 0 Å². The van der Waals surface area contributed by atoms with Gasteiger partial charge in [0.25, 0.3) is 0 Å². The lowest BCUT2D eigenvalue weighted by Crippen LogP contribution is -2.45. The Morgan fingerprint density at radius 2 is 1.82 bits per heavy atom. The maximum atomic E-state index is 12.9. The van der Waals surface area contributed by atoms with Gasteiger partial charge in [0.2, 0.25) is 31.9 Å². The van der Waals surface area contributed by atoms with Crippen LogP contribution < -0.4 is 15.2 Å². The highest BCUT2D eigenvalue weighted by Gasteiger charge is 2.38. The number of benzene rings is 2. The van der Waals surface area contributed by atoms with Crippen molar-refractivity contribution < 1.29 is 39.6 Å². The Morgan fingerprint density at radius 1 is 1.18 bits per heavy atom. The summed E-state index contributed by atoms with van der Waals surface area (Å²) in [6.45, 7) is 0. The molecule has 2 aromatic carbocycles. The number of primary amides is 1. The quantitative estimate of drug-likeness (QED) is 0.510. The molecular formula is C19H18F3N3O6S2. The number of carbonyl (C=O) groups excluding carboxylic acids is 2. The van der Waals surface area contributed by atoms with Crippen LogP contribution in [0.15, 0.2) is 53.4 Å². The molecule has 0 radical (unpaired) electrons. The van der Waals surface area contributed by atoms with Crippen molar-refractivity contribution >= 4 is 31.9 Å². The minimum absolute atomic E-state index is 0.248. The lowest BCUT2D eigenvalue weighted by molar-refractivity contribution is -0.137. The zero-order valence-corrected chi connectivity index (χ0v) is 18.3. The maximum Gasteiger partial charge on any atom is 0.416 e. The first kappa shape index (κ1) is 24.7. The second-order valence-electron chi connectivity index (χ2n) is 7.31. The highest BCUT2D eigenvalue weighted by atomic mass is 32.2. The van der Waals surface area contributed by atoms with Crippen LogP contribution in [0.5, 0.6) is 0 Å². The molecule has 1 aliphatic heterocycles. The van der Waals surface area contributed by atoms with Gasteiger partial charge in [0.05, 0.1) is 16.9 Å². The van der Waals surface area contributed by atoms with E-state index in [0.717, 1.165) is 12.1 Å². The minimum atomic E-state index is -4.76. The second kappa shape index (κ2) is 8.76. The number of sulfonamides is 2. The van der Waals surface area contributed by atoms with E-state index < -0.39 is 59.8 Å². The molecular weight excluding hydrogens is 487 g/mol. The lowest BCUT2D eigenvalue weighted by atomic mass is 10.0.